The molecule has 2 aliphatic rings. The molecule has 2 bridgehead atoms. The third-order valence-corrected chi connectivity index (χ3v) is 8.86. The molecule has 61 heavy (non-hydrogen) atoms. The fraction of sp³-hybridized carbons (Fsp3) is 0.361. The number of amides is 2. The number of hydrogen-bond acceptors (Lipinski definition) is 12. The first kappa shape index (κ1) is 47.0. The molecule has 1 aliphatic heterocycles. The highest BCUT2D eigenvalue weighted by Crippen LogP contribution is 2.46. The second kappa shape index (κ2) is 20.5. The minimum absolute atomic E-state index is 0.289. The van der Waals surface area contributed by atoms with E-state index in [1.54, 1.807) is 36.4 Å². The molecule has 6 rings (SSSR count). The summed E-state index contributed by atoms with van der Waals surface area (Å²) in [5, 5.41) is 35.3. The Labute approximate surface area is 345 Å². The maximum absolute atomic E-state index is 13.4. The number of tetrazole rings is 1. The molecule has 25 heteroatoms. The molecule has 2 aromatic heterocycles. The van der Waals surface area contributed by atoms with Crippen molar-refractivity contribution in [2.24, 2.45) is 0 Å². The number of esters is 1. The third kappa shape index (κ3) is 13.7. The number of alkyl halides is 6. The molecule has 6 N–H and O–H groups in total. The second-order valence-corrected chi connectivity index (χ2v) is 13.4. The van der Waals surface area contributed by atoms with Gasteiger partial charge in [0.05, 0.1) is 31.6 Å². The van der Waals surface area contributed by atoms with Crippen molar-refractivity contribution >= 4 is 59.0 Å². The average Bonchev–Trinajstić information content (AvgIpc) is 3.70. The quantitative estimate of drug-likeness (QED) is 0.0665. The van der Waals surface area contributed by atoms with Gasteiger partial charge in [0.25, 0.3) is 0 Å². The third-order valence-electron chi connectivity index (χ3n) is 8.62. The highest BCUT2D eigenvalue weighted by atomic mass is 35.5. The molecule has 1 saturated carbocycles. The minimum atomic E-state index is -5.08. The summed E-state index contributed by atoms with van der Waals surface area (Å²) in [7, 11) is 2.65. The molecule has 1 fully saturated rings. The number of ether oxygens (including phenoxy) is 2. The summed E-state index contributed by atoms with van der Waals surface area (Å²) < 4.78 is 74.9. The van der Waals surface area contributed by atoms with Crippen LogP contribution in [-0.4, -0.2) is 103 Å². The molecule has 0 radical (unpaired) electrons. The number of fused-ring (bicyclic) bond motifs is 4. The average molecular weight is 888 g/mol. The van der Waals surface area contributed by atoms with Crippen LogP contribution in [0.25, 0.3) is 23.0 Å². The zero-order chi connectivity index (χ0) is 45.1. The molecule has 2 amide bonds. The first-order chi connectivity index (χ1) is 28.7. The van der Waals surface area contributed by atoms with E-state index in [1.165, 1.54) is 31.3 Å². The Morgan fingerprint density at radius 3 is 2.15 bits per heavy atom. The number of aromatic nitrogens is 6. The number of carbonyl (C=O) groups excluding carboxylic acids is 3. The summed E-state index contributed by atoms with van der Waals surface area (Å²) in [6.45, 7) is 0. The minimum Gasteiger partial charge on any atom is -0.475 e. The second-order valence-electron chi connectivity index (χ2n) is 13.0. The van der Waals surface area contributed by atoms with Crippen LogP contribution < -0.4 is 16.0 Å². The number of rotatable bonds is 7. The van der Waals surface area contributed by atoms with Crippen LogP contribution in [0.15, 0.2) is 48.8 Å². The van der Waals surface area contributed by atoms with Crippen molar-refractivity contribution in [3.8, 4) is 16.9 Å². The number of H-pyrrole nitrogens is 1. The van der Waals surface area contributed by atoms with Gasteiger partial charge in [0.2, 0.25) is 5.91 Å². The first-order valence-electron chi connectivity index (χ1n) is 17.8. The molecule has 0 spiro atoms. The van der Waals surface area contributed by atoms with Gasteiger partial charge in [-0.15, -0.1) is 5.10 Å². The summed E-state index contributed by atoms with van der Waals surface area (Å²) in [4.78, 5) is 64.6. The number of aliphatic carboxylic acids is 2. The van der Waals surface area contributed by atoms with Gasteiger partial charge in [-0.3, -0.25) is 10.1 Å². The van der Waals surface area contributed by atoms with Crippen LogP contribution in [0.3, 0.4) is 0 Å². The van der Waals surface area contributed by atoms with E-state index in [1.807, 2.05) is 6.07 Å². The largest absolute Gasteiger partial charge is 0.490 e. The van der Waals surface area contributed by atoms with Crippen LogP contribution in [0.2, 0.25) is 5.02 Å². The van der Waals surface area contributed by atoms with Gasteiger partial charge in [-0.2, -0.15) is 31.0 Å². The lowest BCUT2D eigenvalue weighted by atomic mass is 10.0. The van der Waals surface area contributed by atoms with Crippen LogP contribution in [-0.2, 0) is 28.7 Å². The molecular weight excluding hydrogens is 852 g/mol. The summed E-state index contributed by atoms with van der Waals surface area (Å²) in [6.07, 6.45) is -1.73. The Hall–Kier alpha value is -6.72. The van der Waals surface area contributed by atoms with Crippen LogP contribution in [0.1, 0.15) is 67.6 Å². The van der Waals surface area contributed by atoms with E-state index in [0.717, 1.165) is 29.8 Å². The van der Waals surface area contributed by atoms with Crippen molar-refractivity contribution in [1.29, 1.82) is 0 Å². The van der Waals surface area contributed by atoms with Gasteiger partial charge < -0.3 is 35.3 Å². The Bertz CT molecular complexity index is 2210. The number of halogens is 7. The lowest BCUT2D eigenvalue weighted by Crippen LogP contribution is -2.31. The number of hydrogen-bond donors (Lipinski definition) is 6. The zero-order valence-corrected chi connectivity index (χ0v) is 32.6. The molecule has 3 heterocycles. The standard InChI is InChI=1S/C32H34ClN9O5.2C2HF3O2/c1-46-31(44)24-6-4-3-5-23(37-27(43)14-9-19-15-20(33)10-13-26(19)42-17-34-40-41-42)30-38-28(18-7-8-18)29(39-30)22-12-11-21(16-25(22)36-24)35-32(45)47-2;2*3-2(4,5)1(6)7/h9-18,23-24,36H,3-8H2,1-2H3,(H,35,45)(H,37,43)(H,38,39);2*(H,6,7)/b14-9+;;/t23-,24+;;/m0../s1. The number of nitrogens with one attached hydrogen (secondary N) is 4. The molecule has 18 nitrogen and oxygen atoms in total. The van der Waals surface area contributed by atoms with Crippen molar-refractivity contribution in [3.05, 3.63) is 70.9 Å². The number of anilines is 2. The highest BCUT2D eigenvalue weighted by Gasteiger charge is 2.39. The molecule has 1 aliphatic carbocycles. The Balaban J connectivity index is 0.000000504. The number of nitrogens with zero attached hydrogens (tertiary/aromatic N) is 5. The molecule has 2 atom stereocenters. The van der Waals surface area contributed by atoms with Gasteiger partial charge in [-0.05, 0) is 78.6 Å². The number of carboxylic acids is 2. The predicted octanol–water partition coefficient (Wildman–Crippen LogP) is 6.43. The van der Waals surface area contributed by atoms with Crippen molar-refractivity contribution in [2.75, 3.05) is 24.9 Å². The lowest BCUT2D eigenvalue weighted by Gasteiger charge is -2.22. The molecule has 2 aromatic carbocycles. The van der Waals surface area contributed by atoms with E-state index in [9.17, 15) is 40.7 Å². The maximum atomic E-state index is 13.4. The van der Waals surface area contributed by atoms with Crippen molar-refractivity contribution in [1.82, 2.24) is 35.5 Å². The summed E-state index contributed by atoms with van der Waals surface area (Å²) in [6, 6.07) is 9.52. The van der Waals surface area contributed by atoms with Crippen LogP contribution >= 0.6 is 11.6 Å². The van der Waals surface area contributed by atoms with Gasteiger partial charge in [0.1, 0.15) is 18.2 Å². The van der Waals surface area contributed by atoms with E-state index in [4.69, 9.17) is 45.9 Å². The normalized spacial score (nSPS) is 16.3. The fourth-order valence-corrected chi connectivity index (χ4v) is 5.82. The van der Waals surface area contributed by atoms with E-state index >= 15 is 0 Å². The molecule has 328 valence electrons. The molecular formula is C36H36ClF6N9O9. The van der Waals surface area contributed by atoms with Crippen molar-refractivity contribution in [3.63, 3.8) is 0 Å². The van der Waals surface area contributed by atoms with Gasteiger partial charge >= 0.3 is 36.4 Å². The first-order valence-corrected chi connectivity index (χ1v) is 18.1. The SMILES string of the molecule is COC(=O)Nc1ccc2c(c1)N[C@@H](C(=O)OC)CCCC[C@H](NC(=O)/C=C/c1cc(Cl)ccc1-n1cnnn1)c1nc-2c(C2CC2)[nH]1.O=C(O)C(F)(F)F.O=C(O)C(F)(F)F. The summed E-state index contributed by atoms with van der Waals surface area (Å²) >= 11 is 6.25. The Kier molecular flexibility index (Phi) is 15.8. The molecule has 0 saturated heterocycles. The van der Waals surface area contributed by atoms with Gasteiger partial charge in [-0.1, -0.05) is 24.4 Å². The summed E-state index contributed by atoms with van der Waals surface area (Å²) in [5.41, 5.74) is 4.86. The predicted molar refractivity (Wildman–Crippen MR) is 201 cm³/mol. The number of benzene rings is 2. The number of methoxy groups -OCH3 is 2. The Morgan fingerprint density at radius 1 is 0.918 bits per heavy atom. The topological polar surface area (TPSA) is 253 Å². The fourth-order valence-electron chi connectivity index (χ4n) is 5.64. The van der Waals surface area contributed by atoms with Crippen LogP contribution in [0.4, 0.5) is 42.5 Å². The van der Waals surface area contributed by atoms with Crippen LogP contribution in [0, 0.1) is 0 Å². The maximum Gasteiger partial charge on any atom is 0.490 e. The monoisotopic (exact) mass is 887 g/mol. The van der Waals surface area contributed by atoms with E-state index in [-0.39, 0.29) is 11.8 Å². The number of imidazole rings is 1. The van der Waals surface area contributed by atoms with Gasteiger partial charge in [0.15, 0.2) is 0 Å². The Morgan fingerprint density at radius 2 is 1.57 bits per heavy atom. The number of aromatic amines is 1. The summed E-state index contributed by atoms with van der Waals surface area (Å²) in [5.74, 6) is -5.30. The van der Waals surface area contributed by atoms with E-state index < -0.39 is 48.4 Å². The van der Waals surface area contributed by atoms with Crippen molar-refractivity contribution < 1.29 is 70.0 Å². The van der Waals surface area contributed by atoms with Gasteiger partial charge in [-0.25, -0.2) is 24.2 Å². The van der Waals surface area contributed by atoms with Gasteiger partial charge in [0, 0.05) is 45.2 Å². The number of carbonyl (C=O) groups is 5. The lowest BCUT2D eigenvalue weighted by molar-refractivity contribution is -0.193. The molecule has 0 unspecified atom stereocenters. The van der Waals surface area contributed by atoms with E-state index in [0.29, 0.717) is 59.2 Å². The smallest absolute Gasteiger partial charge is 0.475 e. The number of carboxylic acid groups (broad SMARTS) is 2. The van der Waals surface area contributed by atoms with E-state index in [2.05, 4.69) is 36.5 Å². The molecule has 4 aromatic rings. The highest BCUT2D eigenvalue weighted by molar-refractivity contribution is 6.30. The van der Waals surface area contributed by atoms with Crippen molar-refractivity contribution in [2.45, 2.75) is 68.9 Å². The van der Waals surface area contributed by atoms with Crippen LogP contribution in [0.5, 0.6) is 0 Å². The zero-order valence-electron chi connectivity index (χ0n) is 31.8.